The number of ketones is 1. The molecule has 0 fully saturated rings. The van der Waals surface area contributed by atoms with E-state index in [-0.39, 0.29) is 27.6 Å². The van der Waals surface area contributed by atoms with Crippen LogP contribution in [0.1, 0.15) is 26.3 Å². The van der Waals surface area contributed by atoms with Crippen LogP contribution in [0.2, 0.25) is 5.02 Å². The molecule has 0 unspecified atom stereocenters. The summed E-state index contributed by atoms with van der Waals surface area (Å²) in [4.78, 5) is 24.4. The number of Topliss-reactive ketones (excluding diaryl/α,β-unsaturated/α-hetero) is 1. The van der Waals surface area contributed by atoms with Crippen LogP contribution in [-0.2, 0) is 4.74 Å². The number of hydrogen-bond acceptors (Lipinski definition) is 5. The second-order valence-electron chi connectivity index (χ2n) is 7.02. The topological polar surface area (TPSA) is 79.2 Å². The van der Waals surface area contributed by atoms with Crippen LogP contribution >= 0.6 is 11.6 Å². The number of rotatable bonds is 8. The van der Waals surface area contributed by atoms with Crippen molar-refractivity contribution in [3.05, 3.63) is 107 Å². The first kappa shape index (κ1) is 24.7. The van der Waals surface area contributed by atoms with Gasteiger partial charge in [0.25, 0.3) is 0 Å². The van der Waals surface area contributed by atoms with Gasteiger partial charge in [-0.05, 0) is 35.9 Å². The summed E-state index contributed by atoms with van der Waals surface area (Å²) < 4.78 is 44.0. The number of hydrogen-bond donors (Lipinski definition) is 2. The van der Waals surface area contributed by atoms with Gasteiger partial charge in [0.2, 0.25) is 0 Å². The Balaban J connectivity index is 1.78. The van der Waals surface area contributed by atoms with E-state index in [0.29, 0.717) is 17.3 Å². The van der Waals surface area contributed by atoms with Crippen molar-refractivity contribution in [2.24, 2.45) is 0 Å². The van der Waals surface area contributed by atoms with E-state index in [4.69, 9.17) is 21.7 Å². The third-order valence-electron chi connectivity index (χ3n) is 4.60. The predicted molar refractivity (Wildman–Crippen MR) is 124 cm³/mol. The number of allylic oxidation sites excluding steroid dienone is 1. The van der Waals surface area contributed by atoms with Crippen molar-refractivity contribution >= 4 is 40.4 Å². The highest BCUT2D eigenvalue weighted by Crippen LogP contribution is 2.27. The van der Waals surface area contributed by atoms with Gasteiger partial charge < -0.3 is 10.1 Å². The van der Waals surface area contributed by atoms with E-state index < -0.39 is 24.5 Å². The third kappa shape index (κ3) is 6.55. The van der Waals surface area contributed by atoms with E-state index in [0.717, 1.165) is 0 Å². The Kier molecular flexibility index (Phi) is 7.86. The summed E-state index contributed by atoms with van der Waals surface area (Å²) >= 11 is 6.10. The lowest BCUT2D eigenvalue weighted by molar-refractivity contribution is -0.0583. The molecule has 0 saturated heterocycles. The van der Waals surface area contributed by atoms with Crippen LogP contribution in [0, 0.1) is 5.41 Å². The zero-order valence-corrected chi connectivity index (χ0v) is 18.3. The van der Waals surface area contributed by atoms with Crippen molar-refractivity contribution in [2.75, 3.05) is 11.9 Å². The van der Waals surface area contributed by atoms with E-state index in [1.54, 1.807) is 54.6 Å². The second-order valence-corrected chi connectivity index (χ2v) is 7.42. The number of esters is 1. The fourth-order valence-corrected chi connectivity index (χ4v) is 3.02. The smallest absolute Gasteiger partial charge is 0.432 e. The lowest BCUT2D eigenvalue weighted by atomic mass is 10.1. The summed E-state index contributed by atoms with van der Waals surface area (Å²) in [7, 11) is 0. The van der Waals surface area contributed by atoms with Crippen molar-refractivity contribution in [2.45, 2.75) is 6.18 Å². The van der Waals surface area contributed by atoms with Crippen molar-refractivity contribution in [1.29, 1.82) is 5.41 Å². The van der Waals surface area contributed by atoms with E-state index in [2.05, 4.69) is 5.32 Å². The molecule has 0 aliphatic carbocycles. The van der Waals surface area contributed by atoms with Crippen molar-refractivity contribution in [3.8, 4) is 0 Å². The molecule has 0 aliphatic rings. The van der Waals surface area contributed by atoms with Crippen LogP contribution in [0.3, 0.4) is 0 Å². The molecule has 0 aromatic heterocycles. The van der Waals surface area contributed by atoms with Gasteiger partial charge in [-0.15, -0.1) is 0 Å². The van der Waals surface area contributed by atoms with Crippen LogP contribution in [0.4, 0.5) is 18.9 Å². The van der Waals surface area contributed by atoms with Gasteiger partial charge in [0.1, 0.15) is 5.71 Å². The SMILES string of the molecule is N=C(/C=C(\Nc1ccccc1Cl)c1ccc(C(=O)OCC(=O)c2ccccc2)cc1)C(F)(F)F. The molecule has 0 atom stereocenters. The van der Waals surface area contributed by atoms with Gasteiger partial charge in [-0.3, -0.25) is 10.2 Å². The van der Waals surface area contributed by atoms with Gasteiger partial charge >= 0.3 is 12.1 Å². The third-order valence-corrected chi connectivity index (χ3v) is 4.93. The lowest BCUT2D eigenvalue weighted by Crippen LogP contribution is -2.20. The molecule has 3 rings (SSSR count). The normalized spacial score (nSPS) is 11.6. The Hall–Kier alpha value is -3.91. The molecule has 0 bridgehead atoms. The Bertz CT molecular complexity index is 1220. The van der Waals surface area contributed by atoms with E-state index >= 15 is 0 Å². The Labute approximate surface area is 198 Å². The van der Waals surface area contributed by atoms with Gasteiger partial charge in [-0.1, -0.05) is 66.2 Å². The highest BCUT2D eigenvalue weighted by Gasteiger charge is 2.33. The van der Waals surface area contributed by atoms with Crippen LogP contribution in [-0.4, -0.2) is 30.2 Å². The molecule has 34 heavy (non-hydrogen) atoms. The molecule has 3 aromatic carbocycles. The molecule has 2 N–H and O–H groups in total. The summed E-state index contributed by atoms with van der Waals surface area (Å²) in [6, 6.07) is 20.3. The number of carbonyl (C=O) groups excluding carboxylic acids is 2. The van der Waals surface area contributed by atoms with Gasteiger partial charge in [-0.25, -0.2) is 4.79 Å². The number of benzene rings is 3. The average Bonchev–Trinajstić information content (AvgIpc) is 2.83. The van der Waals surface area contributed by atoms with Crippen molar-refractivity contribution < 1.29 is 27.5 Å². The summed E-state index contributed by atoms with van der Waals surface area (Å²) in [5.41, 5.74) is -0.496. The van der Waals surface area contributed by atoms with Crippen LogP contribution in [0.25, 0.3) is 5.70 Å². The first-order valence-electron chi connectivity index (χ1n) is 9.90. The molecular formula is C25H18ClF3N2O3. The quantitative estimate of drug-likeness (QED) is 0.219. The monoisotopic (exact) mass is 486 g/mol. The highest BCUT2D eigenvalue weighted by molar-refractivity contribution is 6.33. The maximum Gasteiger partial charge on any atom is 0.432 e. The molecule has 0 amide bonds. The summed E-state index contributed by atoms with van der Waals surface area (Å²) in [5.74, 6) is -1.13. The number of alkyl halides is 3. The maximum absolute atomic E-state index is 13.0. The molecule has 3 aromatic rings. The molecular weight excluding hydrogens is 469 g/mol. The predicted octanol–water partition coefficient (Wildman–Crippen LogP) is 6.41. The van der Waals surface area contributed by atoms with Crippen molar-refractivity contribution in [3.63, 3.8) is 0 Å². The molecule has 0 heterocycles. The van der Waals surface area contributed by atoms with Gasteiger partial charge in [0, 0.05) is 11.3 Å². The minimum absolute atomic E-state index is 0.0467. The number of ether oxygens (including phenoxy) is 1. The number of halogens is 4. The maximum atomic E-state index is 13.0. The molecule has 174 valence electrons. The number of anilines is 1. The first-order valence-corrected chi connectivity index (χ1v) is 10.3. The summed E-state index contributed by atoms with van der Waals surface area (Å²) in [5, 5.41) is 10.4. The number of carbonyl (C=O) groups is 2. The minimum Gasteiger partial charge on any atom is -0.454 e. The van der Waals surface area contributed by atoms with Crippen molar-refractivity contribution in [1.82, 2.24) is 0 Å². The molecule has 0 radical (unpaired) electrons. The van der Waals surface area contributed by atoms with Crippen LogP contribution in [0.15, 0.2) is 84.9 Å². The summed E-state index contributed by atoms with van der Waals surface area (Å²) in [6.07, 6.45) is -4.21. The zero-order chi connectivity index (χ0) is 24.7. The van der Waals surface area contributed by atoms with Gasteiger partial charge in [0.15, 0.2) is 12.4 Å². The van der Waals surface area contributed by atoms with E-state index in [1.807, 2.05) is 0 Å². The number of nitrogens with one attached hydrogen (secondary N) is 2. The molecule has 0 spiro atoms. The van der Waals surface area contributed by atoms with E-state index in [9.17, 15) is 22.8 Å². The first-order chi connectivity index (χ1) is 16.1. The van der Waals surface area contributed by atoms with E-state index in [1.165, 1.54) is 24.3 Å². The molecule has 0 saturated carbocycles. The zero-order valence-electron chi connectivity index (χ0n) is 17.5. The largest absolute Gasteiger partial charge is 0.454 e. The second kappa shape index (κ2) is 10.8. The standard InChI is InChI=1S/C25H18ClF3N2O3/c26-19-8-4-5-9-20(19)31-21(14-23(30)25(27,28)29)16-10-12-18(13-11-16)24(33)34-15-22(32)17-6-2-1-3-7-17/h1-14,30-31H,15H2/b21-14-,30-23?. The van der Waals surface area contributed by atoms with Crippen LogP contribution < -0.4 is 5.32 Å². The lowest BCUT2D eigenvalue weighted by Gasteiger charge is -2.15. The fourth-order valence-electron chi connectivity index (χ4n) is 2.83. The average molecular weight is 487 g/mol. The molecule has 5 nitrogen and oxygen atoms in total. The number of para-hydroxylation sites is 1. The summed E-state index contributed by atoms with van der Waals surface area (Å²) in [6.45, 7) is -0.452. The van der Waals surface area contributed by atoms with Gasteiger partial charge in [-0.2, -0.15) is 13.2 Å². The Morgan fingerprint density at radius 2 is 1.47 bits per heavy atom. The Morgan fingerprint density at radius 3 is 2.09 bits per heavy atom. The Morgan fingerprint density at radius 1 is 0.882 bits per heavy atom. The molecule has 0 aliphatic heterocycles. The molecule has 9 heteroatoms. The highest BCUT2D eigenvalue weighted by atomic mass is 35.5. The minimum atomic E-state index is -4.84. The fraction of sp³-hybridized carbons (Fsp3) is 0.0800. The van der Waals surface area contributed by atoms with Gasteiger partial charge in [0.05, 0.1) is 16.3 Å². The van der Waals surface area contributed by atoms with Crippen LogP contribution in [0.5, 0.6) is 0 Å².